The Labute approximate surface area is 160 Å². The summed E-state index contributed by atoms with van der Waals surface area (Å²) >= 11 is 0. The van der Waals surface area contributed by atoms with Gasteiger partial charge in [-0.1, -0.05) is 29.8 Å². The topological polar surface area (TPSA) is 34.1 Å². The van der Waals surface area contributed by atoms with E-state index in [2.05, 4.69) is 24.0 Å². The van der Waals surface area contributed by atoms with Gasteiger partial charge in [-0.3, -0.25) is 0 Å². The highest BCUT2D eigenvalue weighted by molar-refractivity contribution is 5.62. The first-order chi connectivity index (χ1) is 12.9. The van der Waals surface area contributed by atoms with Crippen LogP contribution >= 0.6 is 0 Å². The van der Waals surface area contributed by atoms with Crippen LogP contribution in [0.2, 0.25) is 0 Å². The van der Waals surface area contributed by atoms with Crippen molar-refractivity contribution in [2.75, 3.05) is 26.8 Å². The number of rotatable bonds is 7. The van der Waals surface area contributed by atoms with E-state index in [9.17, 15) is 4.39 Å². The van der Waals surface area contributed by atoms with Crippen LogP contribution in [-0.2, 0) is 21.7 Å². The summed E-state index contributed by atoms with van der Waals surface area (Å²) in [5, 5.41) is 0. The van der Waals surface area contributed by atoms with Gasteiger partial charge in [0.05, 0.1) is 26.2 Å². The summed E-state index contributed by atoms with van der Waals surface area (Å²) in [5.74, 6) is -0.346. The summed E-state index contributed by atoms with van der Waals surface area (Å²) in [6.45, 7) is 8.18. The van der Waals surface area contributed by atoms with E-state index in [1.807, 2.05) is 37.9 Å². The van der Waals surface area contributed by atoms with Crippen LogP contribution in [0, 0.1) is 19.7 Å². The van der Waals surface area contributed by atoms with Crippen molar-refractivity contribution < 1.29 is 13.9 Å². The summed E-state index contributed by atoms with van der Waals surface area (Å²) in [6.07, 6.45) is 1.65. The number of hydrogen-bond acceptors (Lipinski definition) is 3. The molecule has 0 aliphatic carbocycles. The molecule has 0 unspecified atom stereocenters. The Morgan fingerprint density at radius 3 is 2.67 bits per heavy atom. The molecule has 1 saturated heterocycles. The molecule has 144 valence electrons. The van der Waals surface area contributed by atoms with Crippen molar-refractivity contribution in [3.63, 3.8) is 0 Å². The summed E-state index contributed by atoms with van der Waals surface area (Å²) in [7, 11) is 1.91. The smallest absolute Gasteiger partial charge is 0.149 e. The van der Waals surface area contributed by atoms with Crippen LogP contribution in [0.5, 0.6) is 0 Å². The van der Waals surface area contributed by atoms with Gasteiger partial charge in [-0.15, -0.1) is 0 Å². The fourth-order valence-electron chi connectivity index (χ4n) is 3.13. The molecule has 0 radical (unpaired) electrons. The molecule has 0 spiro atoms. The molecule has 5 heteroatoms. The van der Waals surface area contributed by atoms with E-state index < -0.39 is 5.60 Å². The molecular weight excluding hydrogens is 343 g/mol. The number of ether oxygens (including phenoxy) is 2. The maximum absolute atomic E-state index is 14.7. The van der Waals surface area contributed by atoms with Gasteiger partial charge in [-0.2, -0.15) is 0 Å². The Morgan fingerprint density at radius 2 is 2.04 bits per heavy atom. The van der Waals surface area contributed by atoms with Crippen molar-refractivity contribution in [3.05, 3.63) is 64.5 Å². The summed E-state index contributed by atoms with van der Waals surface area (Å²) in [4.78, 5) is 6.16. The molecule has 0 bridgehead atoms. The van der Waals surface area contributed by atoms with Gasteiger partial charge in [0.2, 0.25) is 0 Å². The SMILES string of the molecule is CCN(C)C=Nc1cc(C)c(C2(OCc3cccc(C)c3)COC2)cc1F. The Bertz CT molecular complexity index is 831. The minimum Gasteiger partial charge on any atom is -0.375 e. The molecule has 2 aromatic carbocycles. The lowest BCUT2D eigenvalue weighted by atomic mass is 9.87. The number of nitrogens with zero attached hydrogens (tertiary/aromatic N) is 2. The van der Waals surface area contributed by atoms with Crippen LogP contribution in [0.3, 0.4) is 0 Å². The average Bonchev–Trinajstić information content (AvgIpc) is 2.61. The van der Waals surface area contributed by atoms with Gasteiger partial charge in [0, 0.05) is 13.6 Å². The monoisotopic (exact) mass is 370 g/mol. The molecule has 1 aliphatic heterocycles. The minimum absolute atomic E-state index is 0.339. The molecule has 1 fully saturated rings. The lowest BCUT2D eigenvalue weighted by molar-refractivity contribution is -0.223. The Morgan fingerprint density at radius 1 is 1.26 bits per heavy atom. The third kappa shape index (κ3) is 4.37. The van der Waals surface area contributed by atoms with Gasteiger partial charge in [0.15, 0.2) is 0 Å². The van der Waals surface area contributed by atoms with E-state index >= 15 is 0 Å². The Hall–Kier alpha value is -2.24. The van der Waals surface area contributed by atoms with Crippen molar-refractivity contribution in [3.8, 4) is 0 Å². The largest absolute Gasteiger partial charge is 0.375 e. The molecule has 3 rings (SSSR count). The third-order valence-corrected chi connectivity index (χ3v) is 4.95. The minimum atomic E-state index is -0.600. The number of aliphatic imine (C=N–C) groups is 1. The van der Waals surface area contributed by atoms with Gasteiger partial charge >= 0.3 is 0 Å². The molecule has 0 aromatic heterocycles. The second-order valence-electron chi connectivity index (χ2n) is 7.20. The standard InChI is InChI=1S/C22H27FN2O2/c1-5-25(4)15-24-21-10-17(3)19(11-20(21)23)22(13-26-14-22)27-12-18-8-6-7-16(2)9-18/h6-11,15H,5,12-14H2,1-4H3. The number of aryl methyl sites for hydroxylation is 2. The molecule has 1 heterocycles. The lowest BCUT2D eigenvalue weighted by Crippen LogP contribution is -2.49. The fourth-order valence-corrected chi connectivity index (χ4v) is 3.13. The average molecular weight is 370 g/mol. The van der Waals surface area contributed by atoms with E-state index in [0.29, 0.717) is 25.5 Å². The van der Waals surface area contributed by atoms with Gasteiger partial charge < -0.3 is 14.4 Å². The molecule has 1 aliphatic rings. The molecule has 0 atom stereocenters. The van der Waals surface area contributed by atoms with Crippen LogP contribution < -0.4 is 0 Å². The second kappa shape index (κ2) is 8.19. The van der Waals surface area contributed by atoms with E-state index in [0.717, 1.165) is 23.2 Å². The van der Waals surface area contributed by atoms with Crippen LogP contribution in [0.15, 0.2) is 41.4 Å². The van der Waals surface area contributed by atoms with E-state index in [1.54, 1.807) is 18.5 Å². The normalized spacial score (nSPS) is 15.7. The highest BCUT2D eigenvalue weighted by Crippen LogP contribution is 2.38. The zero-order valence-corrected chi connectivity index (χ0v) is 16.5. The van der Waals surface area contributed by atoms with Gasteiger partial charge in [-0.25, -0.2) is 9.38 Å². The highest BCUT2D eigenvalue weighted by Gasteiger charge is 2.43. The van der Waals surface area contributed by atoms with E-state index in [1.165, 1.54) is 5.56 Å². The van der Waals surface area contributed by atoms with Crippen molar-refractivity contribution in [2.45, 2.75) is 33.0 Å². The molecule has 2 aromatic rings. The second-order valence-corrected chi connectivity index (χ2v) is 7.20. The number of benzene rings is 2. The molecule has 0 saturated carbocycles. The first kappa shape index (κ1) is 19.5. The molecule has 4 nitrogen and oxygen atoms in total. The third-order valence-electron chi connectivity index (χ3n) is 4.95. The zero-order valence-electron chi connectivity index (χ0n) is 16.5. The molecule has 27 heavy (non-hydrogen) atoms. The predicted octanol–water partition coefficient (Wildman–Crippen LogP) is 4.50. The summed E-state index contributed by atoms with van der Waals surface area (Å²) < 4.78 is 26.3. The first-order valence-electron chi connectivity index (χ1n) is 9.26. The van der Waals surface area contributed by atoms with Crippen LogP contribution in [0.1, 0.15) is 29.2 Å². The van der Waals surface area contributed by atoms with Crippen molar-refractivity contribution >= 4 is 12.0 Å². The molecule has 0 amide bonds. The molecular formula is C22H27FN2O2. The number of halogens is 1. The van der Waals surface area contributed by atoms with Crippen molar-refractivity contribution in [1.29, 1.82) is 0 Å². The maximum atomic E-state index is 14.7. The van der Waals surface area contributed by atoms with Crippen LogP contribution in [0.25, 0.3) is 0 Å². The van der Waals surface area contributed by atoms with Crippen LogP contribution in [0.4, 0.5) is 10.1 Å². The summed E-state index contributed by atoms with van der Waals surface area (Å²) in [5.41, 5.74) is 3.82. The fraction of sp³-hybridized carbons (Fsp3) is 0.409. The van der Waals surface area contributed by atoms with Gasteiger partial charge in [0.1, 0.15) is 17.1 Å². The van der Waals surface area contributed by atoms with E-state index in [4.69, 9.17) is 9.47 Å². The zero-order chi connectivity index (χ0) is 19.4. The lowest BCUT2D eigenvalue weighted by Gasteiger charge is -2.42. The predicted molar refractivity (Wildman–Crippen MR) is 106 cm³/mol. The quantitative estimate of drug-likeness (QED) is 0.532. The Kier molecular flexibility index (Phi) is 5.92. The van der Waals surface area contributed by atoms with Gasteiger partial charge in [-0.05, 0) is 49.6 Å². The Balaban J connectivity index is 1.82. The summed E-state index contributed by atoms with van der Waals surface area (Å²) in [6, 6.07) is 11.5. The van der Waals surface area contributed by atoms with E-state index in [-0.39, 0.29) is 5.82 Å². The van der Waals surface area contributed by atoms with Gasteiger partial charge in [0.25, 0.3) is 0 Å². The maximum Gasteiger partial charge on any atom is 0.149 e. The van der Waals surface area contributed by atoms with Crippen molar-refractivity contribution in [2.24, 2.45) is 4.99 Å². The first-order valence-corrected chi connectivity index (χ1v) is 9.26. The van der Waals surface area contributed by atoms with Crippen molar-refractivity contribution in [1.82, 2.24) is 4.90 Å². The number of hydrogen-bond donors (Lipinski definition) is 0. The van der Waals surface area contributed by atoms with Crippen LogP contribution in [-0.4, -0.2) is 38.0 Å². The molecule has 0 N–H and O–H groups in total. The highest BCUT2D eigenvalue weighted by atomic mass is 19.1.